The third-order valence-electron chi connectivity index (χ3n) is 3.66. The number of benzene rings is 1. The molecule has 9 nitrogen and oxygen atoms in total. The van der Waals surface area contributed by atoms with Gasteiger partial charge in [-0.3, -0.25) is 19.1 Å². The number of aromatic nitrogens is 2. The van der Waals surface area contributed by atoms with Gasteiger partial charge in [0.1, 0.15) is 11.5 Å². The van der Waals surface area contributed by atoms with Crippen molar-refractivity contribution in [2.45, 2.75) is 19.5 Å². The van der Waals surface area contributed by atoms with Crippen LogP contribution in [0, 0.1) is 0 Å². The topological polar surface area (TPSA) is 131 Å². The van der Waals surface area contributed by atoms with Gasteiger partial charge in [0.2, 0.25) is 5.91 Å². The van der Waals surface area contributed by atoms with E-state index in [0.29, 0.717) is 6.54 Å². The Hall–Kier alpha value is -2.91. The highest BCUT2D eigenvalue weighted by Crippen LogP contribution is 2.16. The molecule has 1 aromatic heterocycles. The Kier molecular flexibility index (Phi) is 7.12. The SMILES string of the molecule is COCCn1c(NC(=O)CCN)c(NCc2ccccc2)c(=O)[nH]c1=O. The van der Waals surface area contributed by atoms with Gasteiger partial charge >= 0.3 is 5.69 Å². The number of amides is 1. The number of anilines is 2. The molecule has 0 bridgehead atoms. The smallest absolute Gasteiger partial charge is 0.330 e. The number of nitrogens with two attached hydrogens (primary N) is 1. The lowest BCUT2D eigenvalue weighted by Crippen LogP contribution is -2.36. The third-order valence-corrected chi connectivity index (χ3v) is 3.66. The minimum Gasteiger partial charge on any atom is -0.383 e. The fourth-order valence-electron chi connectivity index (χ4n) is 2.37. The molecule has 0 aliphatic heterocycles. The first-order valence-corrected chi connectivity index (χ1v) is 8.20. The Morgan fingerprint density at radius 1 is 1.27 bits per heavy atom. The van der Waals surface area contributed by atoms with Gasteiger partial charge in [0, 0.05) is 26.6 Å². The number of H-pyrrole nitrogens is 1. The van der Waals surface area contributed by atoms with Gasteiger partial charge in [0.15, 0.2) is 0 Å². The Labute approximate surface area is 150 Å². The number of hydrogen-bond donors (Lipinski definition) is 4. The minimum atomic E-state index is -0.625. The summed E-state index contributed by atoms with van der Waals surface area (Å²) in [6.07, 6.45) is 0.0728. The van der Waals surface area contributed by atoms with Gasteiger partial charge in [-0.15, -0.1) is 0 Å². The first kappa shape index (κ1) is 19.4. The molecule has 1 aromatic carbocycles. The zero-order valence-corrected chi connectivity index (χ0v) is 14.6. The van der Waals surface area contributed by atoms with Crippen LogP contribution in [0.1, 0.15) is 12.0 Å². The van der Waals surface area contributed by atoms with Crippen molar-refractivity contribution >= 4 is 17.4 Å². The highest BCUT2D eigenvalue weighted by atomic mass is 16.5. The van der Waals surface area contributed by atoms with Crippen molar-refractivity contribution in [3.05, 3.63) is 56.7 Å². The summed E-state index contributed by atoms with van der Waals surface area (Å²) in [4.78, 5) is 38.8. The number of aromatic amines is 1. The van der Waals surface area contributed by atoms with Gasteiger partial charge < -0.3 is 21.1 Å². The van der Waals surface area contributed by atoms with Crippen LogP contribution in [0.4, 0.5) is 11.5 Å². The number of ether oxygens (including phenoxy) is 1. The minimum absolute atomic E-state index is 0.0728. The first-order chi connectivity index (χ1) is 12.6. The van der Waals surface area contributed by atoms with Gasteiger partial charge in [-0.05, 0) is 5.56 Å². The summed E-state index contributed by atoms with van der Waals surface area (Å²) in [6.45, 7) is 0.921. The summed E-state index contributed by atoms with van der Waals surface area (Å²) in [6, 6.07) is 9.44. The fraction of sp³-hybridized carbons (Fsp3) is 0.353. The van der Waals surface area contributed by atoms with Crippen LogP contribution in [0.5, 0.6) is 0 Å². The van der Waals surface area contributed by atoms with Crippen molar-refractivity contribution in [3.8, 4) is 0 Å². The Balaban J connectivity index is 2.40. The molecule has 1 amide bonds. The quantitative estimate of drug-likeness (QED) is 0.500. The summed E-state index contributed by atoms with van der Waals surface area (Å²) >= 11 is 0. The molecule has 0 spiro atoms. The van der Waals surface area contributed by atoms with E-state index in [2.05, 4.69) is 15.6 Å². The normalized spacial score (nSPS) is 10.5. The van der Waals surface area contributed by atoms with Crippen LogP contribution in [0.25, 0.3) is 0 Å². The number of methoxy groups -OCH3 is 1. The maximum absolute atomic E-state index is 12.3. The third kappa shape index (κ3) is 5.04. The second-order valence-corrected chi connectivity index (χ2v) is 5.55. The van der Waals surface area contributed by atoms with Crippen molar-refractivity contribution in [2.75, 3.05) is 30.9 Å². The summed E-state index contributed by atoms with van der Waals surface area (Å²) in [5.41, 5.74) is 5.22. The molecular weight excluding hydrogens is 338 g/mol. The predicted octanol–water partition coefficient (Wildman–Crippen LogP) is 0.0824. The van der Waals surface area contributed by atoms with Gasteiger partial charge in [-0.2, -0.15) is 0 Å². The van der Waals surface area contributed by atoms with Crippen LogP contribution in [-0.4, -0.2) is 35.7 Å². The number of hydrogen-bond acceptors (Lipinski definition) is 6. The highest BCUT2D eigenvalue weighted by Gasteiger charge is 2.17. The van der Waals surface area contributed by atoms with Crippen molar-refractivity contribution in [2.24, 2.45) is 5.73 Å². The molecule has 1 heterocycles. The van der Waals surface area contributed by atoms with E-state index in [9.17, 15) is 14.4 Å². The number of carbonyl (C=O) groups is 1. The number of carbonyl (C=O) groups excluding carboxylic acids is 1. The lowest BCUT2D eigenvalue weighted by Gasteiger charge is -2.17. The van der Waals surface area contributed by atoms with Gasteiger partial charge in [0.25, 0.3) is 5.56 Å². The van der Waals surface area contributed by atoms with Gasteiger partial charge in [-0.1, -0.05) is 30.3 Å². The highest BCUT2D eigenvalue weighted by molar-refractivity contribution is 5.92. The molecule has 9 heteroatoms. The summed E-state index contributed by atoms with van der Waals surface area (Å²) in [5.74, 6) is -0.281. The maximum atomic E-state index is 12.3. The van der Waals surface area contributed by atoms with Crippen LogP contribution in [0.15, 0.2) is 39.9 Å². The monoisotopic (exact) mass is 361 g/mol. The summed E-state index contributed by atoms with van der Waals surface area (Å²) in [7, 11) is 1.50. The van der Waals surface area contributed by atoms with E-state index in [-0.39, 0.29) is 43.5 Å². The molecule has 26 heavy (non-hydrogen) atoms. The lowest BCUT2D eigenvalue weighted by molar-refractivity contribution is -0.116. The van der Waals surface area contributed by atoms with E-state index in [1.807, 2.05) is 30.3 Å². The first-order valence-electron chi connectivity index (χ1n) is 8.20. The van der Waals surface area contributed by atoms with Crippen LogP contribution >= 0.6 is 0 Å². The molecule has 2 aromatic rings. The molecule has 0 atom stereocenters. The van der Waals surface area contributed by atoms with E-state index in [0.717, 1.165) is 5.56 Å². The van der Waals surface area contributed by atoms with Crippen LogP contribution in [-0.2, 0) is 22.6 Å². The zero-order valence-electron chi connectivity index (χ0n) is 14.6. The summed E-state index contributed by atoms with van der Waals surface area (Å²) in [5, 5.41) is 5.61. The zero-order chi connectivity index (χ0) is 18.9. The van der Waals surface area contributed by atoms with Crippen LogP contribution < -0.4 is 27.6 Å². The molecule has 0 aliphatic rings. The Morgan fingerprint density at radius 2 is 2.00 bits per heavy atom. The number of nitrogens with one attached hydrogen (secondary N) is 3. The molecule has 0 saturated heterocycles. The van der Waals surface area contributed by atoms with Crippen molar-refractivity contribution in [1.82, 2.24) is 9.55 Å². The van der Waals surface area contributed by atoms with Gasteiger partial charge in [-0.25, -0.2) is 4.79 Å². The van der Waals surface area contributed by atoms with E-state index in [4.69, 9.17) is 10.5 Å². The average Bonchev–Trinajstić information content (AvgIpc) is 2.62. The molecule has 0 unspecified atom stereocenters. The second-order valence-electron chi connectivity index (χ2n) is 5.55. The average molecular weight is 361 g/mol. The standard InChI is InChI=1S/C17H23N5O4/c1-26-10-9-22-15(20-13(23)7-8-18)14(16(24)21-17(22)25)19-11-12-5-3-2-4-6-12/h2-6,19H,7-11,18H2,1H3,(H,20,23)(H,21,24,25). The maximum Gasteiger partial charge on any atom is 0.330 e. The fourth-order valence-corrected chi connectivity index (χ4v) is 2.37. The second kappa shape index (κ2) is 9.54. The summed E-state index contributed by atoms with van der Waals surface area (Å²) < 4.78 is 6.26. The molecular formula is C17H23N5O4. The molecule has 2 rings (SSSR count). The van der Waals surface area contributed by atoms with E-state index >= 15 is 0 Å². The van der Waals surface area contributed by atoms with Crippen LogP contribution in [0.2, 0.25) is 0 Å². The number of rotatable bonds is 9. The van der Waals surface area contributed by atoms with Crippen molar-refractivity contribution in [1.29, 1.82) is 0 Å². The lowest BCUT2D eigenvalue weighted by atomic mass is 10.2. The Bertz CT molecular complexity index is 844. The molecule has 140 valence electrons. The van der Waals surface area contributed by atoms with Gasteiger partial charge in [0.05, 0.1) is 13.2 Å². The largest absolute Gasteiger partial charge is 0.383 e. The van der Waals surface area contributed by atoms with E-state index in [1.54, 1.807) is 0 Å². The molecule has 0 fully saturated rings. The van der Waals surface area contributed by atoms with E-state index < -0.39 is 11.2 Å². The molecule has 0 radical (unpaired) electrons. The molecule has 0 saturated carbocycles. The van der Waals surface area contributed by atoms with Crippen molar-refractivity contribution < 1.29 is 9.53 Å². The van der Waals surface area contributed by atoms with E-state index in [1.165, 1.54) is 11.7 Å². The Morgan fingerprint density at radius 3 is 2.65 bits per heavy atom. The van der Waals surface area contributed by atoms with Crippen LogP contribution in [0.3, 0.4) is 0 Å². The number of nitrogens with zero attached hydrogens (tertiary/aromatic N) is 1. The molecule has 5 N–H and O–H groups in total. The molecule has 0 aliphatic carbocycles. The predicted molar refractivity (Wildman–Crippen MR) is 99.3 cm³/mol. The van der Waals surface area contributed by atoms with Crippen molar-refractivity contribution in [3.63, 3.8) is 0 Å².